The van der Waals surface area contributed by atoms with Gasteiger partial charge in [-0.05, 0) is 24.3 Å². The second-order valence-electron chi connectivity index (χ2n) is 8.25. The van der Waals surface area contributed by atoms with E-state index in [1.165, 1.54) is 35.5 Å². The molecule has 12 heteroatoms. The maximum absolute atomic E-state index is 13.5. The molecule has 2 aromatic rings. The number of non-ortho nitro benzene ring substituents is 1. The zero-order valence-electron chi connectivity index (χ0n) is 17.6. The number of hydrazone groups is 1. The number of ketones is 1. The number of amides is 2. The van der Waals surface area contributed by atoms with Gasteiger partial charge in [0.2, 0.25) is 11.8 Å². The molecule has 9 nitrogen and oxygen atoms in total. The smallest absolute Gasteiger partial charge is 0.292 e. The van der Waals surface area contributed by atoms with E-state index in [1.54, 1.807) is 12.2 Å². The highest BCUT2D eigenvalue weighted by Crippen LogP contribution is 2.46. The SMILES string of the molecule is O=C(c1cccc([N+](=O)[O-])c1)C1C2C(=O)N(c3cccc(C(F)(F)F)c3)C(=O)C2C2C=CC=NN21. The lowest BCUT2D eigenvalue weighted by Crippen LogP contribution is -2.46. The fourth-order valence-corrected chi connectivity index (χ4v) is 4.86. The molecule has 4 unspecified atom stereocenters. The summed E-state index contributed by atoms with van der Waals surface area (Å²) in [5.41, 5.74) is -1.66. The Morgan fingerprint density at radius 2 is 1.74 bits per heavy atom. The van der Waals surface area contributed by atoms with Crippen molar-refractivity contribution >= 4 is 35.2 Å². The van der Waals surface area contributed by atoms with Gasteiger partial charge < -0.3 is 0 Å². The standard InChI is InChI=1S/C23H15F3N4O5/c24-23(25,26)13-5-2-6-14(11-13)28-21(32)17-16-8-3-9-27-29(16)19(18(17)22(28)33)20(31)12-4-1-7-15(10-12)30(34)35/h1-11,16-19H. The van der Waals surface area contributed by atoms with Crippen molar-refractivity contribution in [1.82, 2.24) is 5.01 Å². The van der Waals surface area contributed by atoms with E-state index >= 15 is 0 Å². The first kappa shape index (κ1) is 22.4. The van der Waals surface area contributed by atoms with E-state index < -0.39 is 58.2 Å². The highest BCUT2D eigenvalue weighted by Gasteiger charge is 2.64. The van der Waals surface area contributed by atoms with Gasteiger partial charge in [-0.15, -0.1) is 0 Å². The van der Waals surface area contributed by atoms with Crippen LogP contribution in [0.5, 0.6) is 0 Å². The number of benzene rings is 2. The fourth-order valence-electron chi connectivity index (χ4n) is 4.86. The molecule has 0 aliphatic carbocycles. The van der Waals surface area contributed by atoms with Gasteiger partial charge in [-0.1, -0.05) is 24.3 Å². The maximum Gasteiger partial charge on any atom is 0.416 e. The Balaban J connectivity index is 1.57. The third-order valence-corrected chi connectivity index (χ3v) is 6.33. The molecule has 3 aliphatic heterocycles. The molecule has 2 fully saturated rings. The van der Waals surface area contributed by atoms with Crippen LogP contribution >= 0.6 is 0 Å². The lowest BCUT2D eigenvalue weighted by atomic mass is 9.86. The zero-order valence-corrected chi connectivity index (χ0v) is 17.6. The number of allylic oxidation sites excluding steroid dienone is 1. The molecular formula is C23H15F3N4O5. The molecule has 4 atom stereocenters. The summed E-state index contributed by atoms with van der Waals surface area (Å²) in [5, 5.41) is 16.6. The number of nitrogens with zero attached hydrogens (tertiary/aromatic N) is 4. The molecule has 0 saturated carbocycles. The van der Waals surface area contributed by atoms with E-state index in [4.69, 9.17) is 0 Å². The highest BCUT2D eigenvalue weighted by atomic mass is 19.4. The predicted molar refractivity (Wildman–Crippen MR) is 115 cm³/mol. The van der Waals surface area contributed by atoms with Crippen LogP contribution in [0.3, 0.4) is 0 Å². The normalized spacial score (nSPS) is 25.1. The molecule has 0 N–H and O–H groups in total. The van der Waals surface area contributed by atoms with Crippen LogP contribution in [0.4, 0.5) is 24.5 Å². The summed E-state index contributed by atoms with van der Waals surface area (Å²) in [7, 11) is 0. The van der Waals surface area contributed by atoms with E-state index in [0.29, 0.717) is 11.0 Å². The van der Waals surface area contributed by atoms with Crippen LogP contribution in [0.15, 0.2) is 65.8 Å². The molecule has 2 saturated heterocycles. The number of nitro groups is 1. The van der Waals surface area contributed by atoms with Crippen LogP contribution in [0, 0.1) is 22.0 Å². The number of carbonyl (C=O) groups is 3. The Bertz CT molecular complexity index is 1340. The summed E-state index contributed by atoms with van der Waals surface area (Å²) in [4.78, 5) is 51.5. The zero-order chi connectivity index (χ0) is 25.1. The molecule has 2 aromatic carbocycles. The van der Waals surface area contributed by atoms with Gasteiger partial charge in [-0.2, -0.15) is 18.3 Å². The summed E-state index contributed by atoms with van der Waals surface area (Å²) in [6.07, 6.45) is -0.171. The Kier molecular flexibility index (Phi) is 5.04. The predicted octanol–water partition coefficient (Wildman–Crippen LogP) is 3.21. The van der Waals surface area contributed by atoms with Gasteiger partial charge in [0, 0.05) is 23.9 Å². The van der Waals surface area contributed by atoms with E-state index in [2.05, 4.69) is 5.10 Å². The molecule has 3 heterocycles. The summed E-state index contributed by atoms with van der Waals surface area (Å²) in [6, 6.07) is 6.73. The van der Waals surface area contributed by atoms with Gasteiger partial charge in [-0.25, -0.2) is 4.90 Å². The van der Waals surface area contributed by atoms with E-state index in [0.717, 1.165) is 18.2 Å². The van der Waals surface area contributed by atoms with Crippen LogP contribution in [0.2, 0.25) is 0 Å². The van der Waals surface area contributed by atoms with Gasteiger partial charge in [-0.3, -0.25) is 29.5 Å². The summed E-state index contributed by atoms with van der Waals surface area (Å²) in [5.74, 6) is -4.55. The molecule has 5 rings (SSSR count). The fraction of sp³-hybridized carbons (Fsp3) is 0.217. The monoisotopic (exact) mass is 484 g/mol. The van der Waals surface area contributed by atoms with E-state index in [-0.39, 0.29) is 16.9 Å². The van der Waals surface area contributed by atoms with Crippen molar-refractivity contribution in [1.29, 1.82) is 0 Å². The van der Waals surface area contributed by atoms with Crippen molar-refractivity contribution in [2.45, 2.75) is 18.3 Å². The number of hydrogen-bond donors (Lipinski definition) is 0. The van der Waals surface area contributed by atoms with Gasteiger partial charge in [0.05, 0.1) is 34.1 Å². The quantitative estimate of drug-likeness (QED) is 0.285. The minimum absolute atomic E-state index is 0.0499. The van der Waals surface area contributed by atoms with Gasteiger partial charge in [0.25, 0.3) is 5.69 Å². The molecule has 0 aromatic heterocycles. The van der Waals surface area contributed by atoms with Crippen molar-refractivity contribution in [3.8, 4) is 0 Å². The van der Waals surface area contributed by atoms with Crippen LogP contribution in [0.1, 0.15) is 15.9 Å². The second kappa shape index (κ2) is 7.86. The largest absolute Gasteiger partial charge is 0.416 e. The number of Topliss-reactive ketones (excluding diaryl/α,β-unsaturated/α-hetero) is 1. The van der Waals surface area contributed by atoms with Gasteiger partial charge in [0.1, 0.15) is 6.04 Å². The Morgan fingerprint density at radius 1 is 1.03 bits per heavy atom. The summed E-state index contributed by atoms with van der Waals surface area (Å²) >= 11 is 0. The highest BCUT2D eigenvalue weighted by molar-refractivity contribution is 6.24. The van der Waals surface area contributed by atoms with E-state index in [9.17, 15) is 37.7 Å². The number of alkyl halides is 3. The number of anilines is 1. The van der Waals surface area contributed by atoms with Crippen molar-refractivity contribution in [3.05, 3.63) is 81.9 Å². The molecular weight excluding hydrogens is 469 g/mol. The van der Waals surface area contributed by atoms with Gasteiger partial charge >= 0.3 is 6.18 Å². The number of nitro benzene ring substituents is 1. The Labute approximate surface area is 195 Å². The lowest BCUT2D eigenvalue weighted by molar-refractivity contribution is -0.384. The lowest BCUT2D eigenvalue weighted by Gasteiger charge is -2.30. The minimum Gasteiger partial charge on any atom is -0.292 e. The average Bonchev–Trinajstić information content (AvgIpc) is 3.30. The average molecular weight is 484 g/mol. The molecule has 178 valence electrons. The van der Waals surface area contributed by atoms with Crippen molar-refractivity contribution in [2.24, 2.45) is 16.9 Å². The van der Waals surface area contributed by atoms with E-state index in [1.807, 2.05) is 0 Å². The molecule has 0 radical (unpaired) electrons. The Morgan fingerprint density at radius 3 is 2.46 bits per heavy atom. The number of carbonyl (C=O) groups excluding carboxylic acids is 3. The second-order valence-corrected chi connectivity index (χ2v) is 8.25. The topological polar surface area (TPSA) is 113 Å². The van der Waals surface area contributed by atoms with Crippen molar-refractivity contribution in [3.63, 3.8) is 0 Å². The van der Waals surface area contributed by atoms with Crippen molar-refractivity contribution < 1.29 is 32.5 Å². The molecule has 0 spiro atoms. The summed E-state index contributed by atoms with van der Waals surface area (Å²) in [6.45, 7) is 0. The number of rotatable bonds is 4. The van der Waals surface area contributed by atoms with Crippen LogP contribution in [-0.2, 0) is 15.8 Å². The summed E-state index contributed by atoms with van der Waals surface area (Å²) < 4.78 is 39.7. The number of halogens is 3. The third-order valence-electron chi connectivity index (χ3n) is 6.33. The number of fused-ring (bicyclic) bond motifs is 3. The minimum atomic E-state index is -4.68. The first-order valence-electron chi connectivity index (χ1n) is 10.4. The molecule has 3 aliphatic rings. The Hall–Kier alpha value is -4.35. The van der Waals surface area contributed by atoms with Crippen LogP contribution < -0.4 is 4.90 Å². The maximum atomic E-state index is 13.5. The van der Waals surface area contributed by atoms with Crippen LogP contribution in [-0.4, -0.2) is 45.8 Å². The first-order valence-corrected chi connectivity index (χ1v) is 10.4. The third kappa shape index (κ3) is 3.49. The molecule has 2 amide bonds. The first-order chi connectivity index (χ1) is 16.6. The number of hydrogen-bond acceptors (Lipinski definition) is 7. The molecule has 0 bridgehead atoms. The van der Waals surface area contributed by atoms with Crippen molar-refractivity contribution in [2.75, 3.05) is 4.90 Å². The molecule has 35 heavy (non-hydrogen) atoms. The van der Waals surface area contributed by atoms with Crippen LogP contribution in [0.25, 0.3) is 0 Å². The van der Waals surface area contributed by atoms with Gasteiger partial charge in [0.15, 0.2) is 5.78 Å². The number of imide groups is 1.